The smallest absolute Gasteiger partial charge is 0.280 e. The lowest BCUT2D eigenvalue weighted by molar-refractivity contribution is 0.183. The molecule has 154 valence electrons. The molecule has 30 heavy (non-hydrogen) atoms. The van der Waals surface area contributed by atoms with E-state index >= 15 is 0 Å². The van der Waals surface area contributed by atoms with Crippen molar-refractivity contribution in [3.63, 3.8) is 0 Å². The van der Waals surface area contributed by atoms with Crippen molar-refractivity contribution in [3.8, 4) is 11.1 Å². The summed E-state index contributed by atoms with van der Waals surface area (Å²) >= 11 is 0. The van der Waals surface area contributed by atoms with Crippen LogP contribution in [0.2, 0.25) is 0 Å². The highest BCUT2D eigenvalue weighted by atomic mass is 16.1. The van der Waals surface area contributed by atoms with Gasteiger partial charge in [0.05, 0.1) is 11.3 Å². The van der Waals surface area contributed by atoms with Gasteiger partial charge in [0.2, 0.25) is 0 Å². The van der Waals surface area contributed by atoms with Gasteiger partial charge in [0.25, 0.3) is 5.56 Å². The Morgan fingerprint density at radius 3 is 2.63 bits per heavy atom. The van der Waals surface area contributed by atoms with Crippen molar-refractivity contribution >= 4 is 16.7 Å². The van der Waals surface area contributed by atoms with Gasteiger partial charge in [0, 0.05) is 12.2 Å². The Balaban J connectivity index is 1.71. The largest absolute Gasteiger partial charge is 0.310 e. The standard InChI is InChI=1S/C24H27N5O/c1-4-18-21(17-10-6-5-7-11-17)23-26-25-22-20(29(23)27-18)13-14-28(24(22)30)19-12-8-9-15(2)16(19)3/h5-7,10-11,13-16,19H,4,8-9,12H2,1-3H3/t15-,16+,19+/m1/s1. The van der Waals surface area contributed by atoms with E-state index in [0.29, 0.717) is 23.0 Å². The van der Waals surface area contributed by atoms with Gasteiger partial charge in [-0.15, -0.1) is 10.2 Å². The second-order valence-corrected chi connectivity index (χ2v) is 8.57. The third-order valence-electron chi connectivity index (χ3n) is 6.90. The van der Waals surface area contributed by atoms with Crippen LogP contribution < -0.4 is 5.56 Å². The summed E-state index contributed by atoms with van der Waals surface area (Å²) in [5, 5.41) is 13.7. The zero-order valence-corrected chi connectivity index (χ0v) is 17.7. The fraction of sp³-hybridized carbons (Fsp3) is 0.417. The number of aromatic nitrogens is 5. The molecule has 3 heterocycles. The average Bonchev–Trinajstić information content (AvgIpc) is 3.16. The van der Waals surface area contributed by atoms with E-state index in [1.54, 1.807) is 4.52 Å². The third-order valence-corrected chi connectivity index (χ3v) is 6.90. The van der Waals surface area contributed by atoms with Crippen LogP contribution in [0.4, 0.5) is 0 Å². The summed E-state index contributed by atoms with van der Waals surface area (Å²) < 4.78 is 3.67. The van der Waals surface area contributed by atoms with Gasteiger partial charge in [-0.05, 0) is 36.3 Å². The third kappa shape index (κ3) is 2.85. The molecule has 6 nitrogen and oxygen atoms in total. The van der Waals surface area contributed by atoms with E-state index in [-0.39, 0.29) is 11.6 Å². The molecule has 0 unspecified atom stereocenters. The van der Waals surface area contributed by atoms with Crippen LogP contribution in [0.5, 0.6) is 0 Å². The molecule has 0 radical (unpaired) electrons. The van der Waals surface area contributed by atoms with Crippen LogP contribution in [0, 0.1) is 11.8 Å². The van der Waals surface area contributed by atoms with Crippen LogP contribution in [-0.2, 0) is 6.42 Å². The van der Waals surface area contributed by atoms with Gasteiger partial charge in [-0.2, -0.15) is 5.10 Å². The summed E-state index contributed by atoms with van der Waals surface area (Å²) in [5.41, 5.74) is 4.75. The quantitative estimate of drug-likeness (QED) is 0.501. The second-order valence-electron chi connectivity index (χ2n) is 8.57. The number of rotatable bonds is 3. The molecule has 1 aliphatic rings. The molecule has 0 aliphatic heterocycles. The van der Waals surface area contributed by atoms with Crippen molar-refractivity contribution < 1.29 is 0 Å². The Morgan fingerprint density at radius 2 is 1.87 bits per heavy atom. The van der Waals surface area contributed by atoms with Gasteiger partial charge < -0.3 is 4.57 Å². The van der Waals surface area contributed by atoms with Crippen LogP contribution in [0.1, 0.15) is 51.8 Å². The molecule has 0 bridgehead atoms. The predicted octanol–water partition coefficient (Wildman–Crippen LogP) is 4.67. The van der Waals surface area contributed by atoms with Crippen molar-refractivity contribution in [1.29, 1.82) is 0 Å². The first-order chi connectivity index (χ1) is 14.6. The maximum Gasteiger partial charge on any atom is 0.280 e. The highest BCUT2D eigenvalue weighted by Gasteiger charge is 2.29. The lowest BCUT2D eigenvalue weighted by Crippen LogP contribution is -2.34. The van der Waals surface area contributed by atoms with E-state index in [4.69, 9.17) is 5.10 Å². The summed E-state index contributed by atoms with van der Waals surface area (Å²) in [6, 6.07) is 12.3. The second kappa shape index (κ2) is 7.35. The summed E-state index contributed by atoms with van der Waals surface area (Å²) in [6.07, 6.45) is 6.14. The molecular formula is C24H27N5O. The van der Waals surface area contributed by atoms with Crippen molar-refractivity contribution in [2.45, 2.75) is 52.5 Å². The number of aryl methyl sites for hydroxylation is 1. The van der Waals surface area contributed by atoms with Crippen molar-refractivity contribution in [1.82, 2.24) is 24.4 Å². The van der Waals surface area contributed by atoms with E-state index in [0.717, 1.165) is 41.6 Å². The first kappa shape index (κ1) is 19.0. The number of nitrogens with zero attached hydrogens (tertiary/aromatic N) is 5. The molecule has 6 heteroatoms. The zero-order chi connectivity index (χ0) is 20.8. The minimum atomic E-state index is -0.0670. The number of hydrogen-bond donors (Lipinski definition) is 0. The van der Waals surface area contributed by atoms with E-state index < -0.39 is 0 Å². The predicted molar refractivity (Wildman–Crippen MR) is 119 cm³/mol. The molecule has 5 rings (SSSR count). The molecule has 4 aromatic rings. The monoisotopic (exact) mass is 401 g/mol. The SMILES string of the molecule is CCc1nn2c(nnc3c(=O)n([C@H]4CCC[C@@H](C)[C@@H]4C)ccc32)c1-c1ccccc1. The van der Waals surface area contributed by atoms with Gasteiger partial charge in [-0.1, -0.05) is 63.9 Å². The fourth-order valence-electron chi connectivity index (χ4n) is 4.96. The van der Waals surface area contributed by atoms with Gasteiger partial charge in [0.15, 0.2) is 11.2 Å². The van der Waals surface area contributed by atoms with E-state index in [1.165, 1.54) is 6.42 Å². The normalized spacial score (nSPS) is 22.0. The summed E-state index contributed by atoms with van der Waals surface area (Å²) in [4.78, 5) is 13.4. The molecule has 1 aliphatic carbocycles. The minimum absolute atomic E-state index is 0.0670. The first-order valence-corrected chi connectivity index (χ1v) is 10.9. The molecule has 1 saturated carbocycles. The molecule has 1 aromatic carbocycles. The number of pyridine rings is 1. The summed E-state index contributed by atoms with van der Waals surface area (Å²) in [6.45, 7) is 6.63. The topological polar surface area (TPSA) is 65.1 Å². The molecule has 0 N–H and O–H groups in total. The van der Waals surface area contributed by atoms with Gasteiger partial charge in [0.1, 0.15) is 5.52 Å². The summed E-state index contributed by atoms with van der Waals surface area (Å²) in [5.74, 6) is 1.08. The van der Waals surface area contributed by atoms with Gasteiger partial charge >= 0.3 is 0 Å². The van der Waals surface area contributed by atoms with Crippen LogP contribution in [0.3, 0.4) is 0 Å². The van der Waals surface area contributed by atoms with Crippen LogP contribution >= 0.6 is 0 Å². The fourth-order valence-corrected chi connectivity index (χ4v) is 4.96. The maximum absolute atomic E-state index is 13.4. The highest BCUT2D eigenvalue weighted by Crippen LogP contribution is 2.37. The Hall–Kier alpha value is -3.02. The van der Waals surface area contributed by atoms with Crippen LogP contribution in [-0.4, -0.2) is 24.4 Å². The molecule has 0 amide bonds. The molecular weight excluding hydrogens is 374 g/mol. The van der Waals surface area contributed by atoms with Crippen LogP contribution in [0.25, 0.3) is 27.8 Å². The van der Waals surface area contributed by atoms with E-state index in [9.17, 15) is 4.79 Å². The lowest BCUT2D eigenvalue weighted by atomic mass is 9.78. The maximum atomic E-state index is 13.4. The molecule has 0 saturated heterocycles. The molecule has 0 spiro atoms. The number of fused-ring (bicyclic) bond motifs is 3. The molecule has 3 atom stereocenters. The zero-order valence-electron chi connectivity index (χ0n) is 17.7. The van der Waals surface area contributed by atoms with Crippen molar-refractivity contribution in [2.24, 2.45) is 11.8 Å². The highest BCUT2D eigenvalue weighted by molar-refractivity contribution is 5.84. The van der Waals surface area contributed by atoms with Gasteiger partial charge in [-0.3, -0.25) is 4.79 Å². The van der Waals surface area contributed by atoms with Crippen LogP contribution in [0.15, 0.2) is 47.4 Å². The average molecular weight is 402 g/mol. The molecule has 1 fully saturated rings. The summed E-state index contributed by atoms with van der Waals surface area (Å²) in [7, 11) is 0. The Labute approximate surface area is 175 Å². The first-order valence-electron chi connectivity index (χ1n) is 10.9. The Kier molecular flexibility index (Phi) is 4.65. The molecule has 3 aromatic heterocycles. The number of benzene rings is 1. The number of hydrogen-bond acceptors (Lipinski definition) is 4. The van der Waals surface area contributed by atoms with Gasteiger partial charge in [-0.25, -0.2) is 4.52 Å². The van der Waals surface area contributed by atoms with E-state index in [2.05, 4.69) is 43.1 Å². The Bertz CT molecular complexity index is 1270. The Morgan fingerprint density at radius 1 is 1.07 bits per heavy atom. The van der Waals surface area contributed by atoms with Crippen molar-refractivity contribution in [2.75, 3.05) is 0 Å². The lowest BCUT2D eigenvalue weighted by Gasteiger charge is -2.35. The minimum Gasteiger partial charge on any atom is -0.310 e. The van der Waals surface area contributed by atoms with Crippen molar-refractivity contribution in [3.05, 3.63) is 58.6 Å². The van der Waals surface area contributed by atoms with E-state index in [1.807, 2.05) is 35.0 Å².